The van der Waals surface area contributed by atoms with Gasteiger partial charge in [0.05, 0.1) is 16.6 Å². The van der Waals surface area contributed by atoms with Crippen LogP contribution in [0, 0.1) is 0 Å². The second kappa shape index (κ2) is 7.58. The van der Waals surface area contributed by atoms with Crippen molar-refractivity contribution < 1.29 is 0 Å². The van der Waals surface area contributed by atoms with Crippen molar-refractivity contribution in [2.75, 3.05) is 0 Å². The SMILES string of the molecule is CC1(C)c2ccccc2-c2ccc(-c3ccc4c5ccc6ccccc6c5c5nc6ccccc6n5c4c3)cc21. The lowest BCUT2D eigenvalue weighted by atomic mass is 9.81. The first-order valence-electron chi connectivity index (χ1n) is 14.0. The van der Waals surface area contributed by atoms with Crippen LogP contribution in [0.3, 0.4) is 0 Å². The lowest BCUT2D eigenvalue weighted by molar-refractivity contribution is 0.660. The van der Waals surface area contributed by atoms with Crippen molar-refractivity contribution >= 4 is 49.1 Å². The second-order valence-electron chi connectivity index (χ2n) is 11.6. The Morgan fingerprint density at radius 3 is 2.23 bits per heavy atom. The maximum Gasteiger partial charge on any atom is 0.147 e. The Bertz CT molecular complexity index is 2350. The highest BCUT2D eigenvalue weighted by atomic mass is 15.0. The Hall–Kier alpha value is -4.95. The van der Waals surface area contributed by atoms with E-state index in [4.69, 9.17) is 4.98 Å². The largest absolute Gasteiger partial charge is 0.292 e. The topological polar surface area (TPSA) is 17.3 Å². The molecule has 0 fully saturated rings. The summed E-state index contributed by atoms with van der Waals surface area (Å²) in [7, 11) is 0. The van der Waals surface area contributed by atoms with E-state index in [2.05, 4.69) is 140 Å². The highest BCUT2D eigenvalue weighted by Crippen LogP contribution is 2.49. The van der Waals surface area contributed by atoms with Crippen LogP contribution in [-0.2, 0) is 5.41 Å². The second-order valence-corrected chi connectivity index (χ2v) is 11.6. The van der Waals surface area contributed by atoms with Gasteiger partial charge in [-0.2, -0.15) is 0 Å². The first-order chi connectivity index (χ1) is 19.6. The van der Waals surface area contributed by atoms with Crippen LogP contribution in [0.1, 0.15) is 25.0 Å². The molecule has 2 nitrogen and oxygen atoms in total. The summed E-state index contributed by atoms with van der Waals surface area (Å²) in [6.07, 6.45) is 0. The predicted molar refractivity (Wildman–Crippen MR) is 168 cm³/mol. The lowest BCUT2D eigenvalue weighted by Crippen LogP contribution is -2.14. The average Bonchev–Trinajstić information content (AvgIpc) is 3.50. The molecule has 2 heteroatoms. The fraction of sp³-hybridized carbons (Fsp3) is 0.0789. The van der Waals surface area contributed by atoms with Crippen LogP contribution in [0.4, 0.5) is 0 Å². The number of hydrogen-bond donors (Lipinski definition) is 0. The van der Waals surface area contributed by atoms with E-state index in [9.17, 15) is 0 Å². The minimum Gasteiger partial charge on any atom is -0.292 e. The summed E-state index contributed by atoms with van der Waals surface area (Å²) in [4.78, 5) is 5.20. The number of para-hydroxylation sites is 2. The number of pyridine rings is 1. The lowest BCUT2D eigenvalue weighted by Gasteiger charge is -2.22. The van der Waals surface area contributed by atoms with Crippen LogP contribution in [0.5, 0.6) is 0 Å². The minimum atomic E-state index is -0.0239. The van der Waals surface area contributed by atoms with Gasteiger partial charge in [0, 0.05) is 16.2 Å². The van der Waals surface area contributed by atoms with Crippen molar-refractivity contribution in [2.45, 2.75) is 19.3 Å². The number of imidazole rings is 1. The summed E-state index contributed by atoms with van der Waals surface area (Å²) < 4.78 is 2.37. The normalized spacial score (nSPS) is 13.9. The molecule has 0 unspecified atom stereocenters. The average molecular weight is 511 g/mol. The summed E-state index contributed by atoms with van der Waals surface area (Å²) >= 11 is 0. The van der Waals surface area contributed by atoms with E-state index >= 15 is 0 Å². The smallest absolute Gasteiger partial charge is 0.147 e. The zero-order chi connectivity index (χ0) is 26.6. The Balaban J connectivity index is 1.37. The van der Waals surface area contributed by atoms with Crippen molar-refractivity contribution in [3.05, 3.63) is 132 Å². The van der Waals surface area contributed by atoms with E-state index in [0.29, 0.717) is 0 Å². The van der Waals surface area contributed by atoms with E-state index in [1.54, 1.807) is 0 Å². The molecule has 0 N–H and O–H groups in total. The first-order valence-corrected chi connectivity index (χ1v) is 14.0. The van der Waals surface area contributed by atoms with Crippen molar-refractivity contribution in [3.63, 3.8) is 0 Å². The maximum absolute atomic E-state index is 5.20. The molecule has 6 aromatic carbocycles. The number of nitrogens with zero attached hydrogens (tertiary/aromatic N) is 2. The Morgan fingerprint density at radius 1 is 0.550 bits per heavy atom. The minimum absolute atomic E-state index is 0.0239. The highest BCUT2D eigenvalue weighted by Gasteiger charge is 2.35. The van der Waals surface area contributed by atoms with Crippen molar-refractivity contribution in [1.29, 1.82) is 0 Å². The molecular weight excluding hydrogens is 484 g/mol. The third-order valence-electron chi connectivity index (χ3n) is 9.16. The molecule has 0 bridgehead atoms. The van der Waals surface area contributed by atoms with Gasteiger partial charge < -0.3 is 0 Å². The summed E-state index contributed by atoms with van der Waals surface area (Å²) in [5.41, 5.74) is 12.3. The van der Waals surface area contributed by atoms with Gasteiger partial charge in [0.15, 0.2) is 0 Å². The zero-order valence-corrected chi connectivity index (χ0v) is 22.4. The summed E-state index contributed by atoms with van der Waals surface area (Å²) in [6.45, 7) is 4.69. The van der Waals surface area contributed by atoms with Crippen LogP contribution in [0.2, 0.25) is 0 Å². The molecule has 0 radical (unpaired) electrons. The van der Waals surface area contributed by atoms with Gasteiger partial charge in [-0.25, -0.2) is 4.98 Å². The number of benzene rings is 6. The predicted octanol–water partition coefficient (Wildman–Crippen LogP) is 9.92. The van der Waals surface area contributed by atoms with E-state index < -0.39 is 0 Å². The number of rotatable bonds is 1. The molecule has 2 aromatic heterocycles. The van der Waals surface area contributed by atoms with Crippen LogP contribution in [-0.4, -0.2) is 9.38 Å². The maximum atomic E-state index is 5.20. The molecule has 0 spiro atoms. The molecule has 0 saturated carbocycles. The highest BCUT2D eigenvalue weighted by molar-refractivity contribution is 6.23. The monoisotopic (exact) mass is 510 g/mol. The quantitative estimate of drug-likeness (QED) is 0.201. The van der Waals surface area contributed by atoms with Gasteiger partial charge in [0.25, 0.3) is 0 Å². The zero-order valence-electron chi connectivity index (χ0n) is 22.4. The van der Waals surface area contributed by atoms with E-state index in [0.717, 1.165) is 16.7 Å². The van der Waals surface area contributed by atoms with Gasteiger partial charge >= 0.3 is 0 Å². The van der Waals surface area contributed by atoms with E-state index in [-0.39, 0.29) is 5.41 Å². The summed E-state index contributed by atoms with van der Waals surface area (Å²) in [5, 5.41) is 6.18. The third-order valence-corrected chi connectivity index (χ3v) is 9.16. The van der Waals surface area contributed by atoms with Gasteiger partial charge in [-0.05, 0) is 73.8 Å². The Morgan fingerprint density at radius 2 is 1.27 bits per heavy atom. The molecule has 0 atom stereocenters. The van der Waals surface area contributed by atoms with Crippen LogP contribution in [0.25, 0.3) is 71.4 Å². The van der Waals surface area contributed by atoms with Crippen LogP contribution >= 0.6 is 0 Å². The molecule has 0 amide bonds. The molecule has 0 saturated heterocycles. The standard InChI is InChI=1S/C38H26N2/c1-38(2)31-12-6-5-11-27(31)28-18-16-24(21-32(28)38)25-17-19-29-30-20-15-23-9-3-4-10-26(23)36(30)37-39-33-13-7-8-14-34(33)40(37)35(29)22-25/h3-22H,1-2H3. The molecular formula is C38H26N2. The fourth-order valence-electron chi connectivity index (χ4n) is 7.18. The van der Waals surface area contributed by atoms with Gasteiger partial charge in [0.1, 0.15) is 5.65 Å². The van der Waals surface area contributed by atoms with Gasteiger partial charge in [0.2, 0.25) is 0 Å². The van der Waals surface area contributed by atoms with Gasteiger partial charge in [-0.1, -0.05) is 111 Å². The number of fused-ring (bicyclic) bond motifs is 13. The Labute approximate surface area is 232 Å². The summed E-state index contributed by atoms with van der Waals surface area (Å²) in [5.74, 6) is 0. The van der Waals surface area contributed by atoms with E-state index in [1.165, 1.54) is 65.8 Å². The van der Waals surface area contributed by atoms with Crippen molar-refractivity contribution in [2.24, 2.45) is 0 Å². The number of hydrogen-bond acceptors (Lipinski definition) is 1. The summed E-state index contributed by atoms with van der Waals surface area (Å²) in [6, 6.07) is 44.5. The molecule has 1 aliphatic rings. The van der Waals surface area contributed by atoms with Crippen LogP contribution < -0.4 is 0 Å². The Kier molecular flexibility index (Phi) is 4.15. The van der Waals surface area contributed by atoms with Crippen molar-refractivity contribution in [3.8, 4) is 22.3 Å². The molecule has 40 heavy (non-hydrogen) atoms. The van der Waals surface area contributed by atoms with E-state index in [1.807, 2.05) is 0 Å². The van der Waals surface area contributed by atoms with Crippen molar-refractivity contribution in [1.82, 2.24) is 9.38 Å². The molecule has 2 heterocycles. The number of aromatic nitrogens is 2. The third kappa shape index (κ3) is 2.75. The first kappa shape index (κ1) is 21.9. The molecule has 0 aliphatic heterocycles. The molecule has 9 rings (SSSR count). The molecule has 1 aliphatic carbocycles. The molecule has 8 aromatic rings. The van der Waals surface area contributed by atoms with Gasteiger partial charge in [-0.3, -0.25) is 4.40 Å². The van der Waals surface area contributed by atoms with Gasteiger partial charge in [-0.15, -0.1) is 0 Å². The molecule has 188 valence electrons. The van der Waals surface area contributed by atoms with Crippen LogP contribution in [0.15, 0.2) is 121 Å². The fourth-order valence-corrected chi connectivity index (χ4v) is 7.18.